The highest BCUT2D eigenvalue weighted by molar-refractivity contribution is 5.90. The van der Waals surface area contributed by atoms with Gasteiger partial charge in [0.25, 0.3) is 0 Å². The number of carbonyl (C=O) groups is 1. The van der Waals surface area contributed by atoms with E-state index in [1.807, 2.05) is 0 Å². The Morgan fingerprint density at radius 3 is 2.88 bits per heavy atom. The number of amides is 1. The standard InChI is InChI=1S/C11H16N2O4/c1-7(14)13-10-3-2-8(15)4-11(10)17-6-9(16)5-12/h2-4,9,15-16H,5-6,12H2,1H3,(H,13,14)/t9-/m1/s1. The summed E-state index contributed by atoms with van der Waals surface area (Å²) in [5.41, 5.74) is 5.67. The highest BCUT2D eigenvalue weighted by Crippen LogP contribution is 2.28. The van der Waals surface area contributed by atoms with Crippen molar-refractivity contribution in [3.63, 3.8) is 0 Å². The number of nitrogens with one attached hydrogen (secondary N) is 1. The molecule has 0 aliphatic heterocycles. The molecule has 0 unspecified atom stereocenters. The van der Waals surface area contributed by atoms with E-state index in [2.05, 4.69) is 5.32 Å². The Bertz CT molecular complexity index is 395. The van der Waals surface area contributed by atoms with Crippen molar-refractivity contribution in [2.24, 2.45) is 5.73 Å². The van der Waals surface area contributed by atoms with Gasteiger partial charge in [-0.1, -0.05) is 0 Å². The number of aromatic hydroxyl groups is 1. The van der Waals surface area contributed by atoms with Gasteiger partial charge in [0.05, 0.1) is 5.69 Å². The van der Waals surface area contributed by atoms with Crippen LogP contribution < -0.4 is 15.8 Å². The lowest BCUT2D eigenvalue weighted by Gasteiger charge is -2.14. The number of ether oxygens (including phenoxy) is 1. The number of rotatable bonds is 5. The predicted octanol–water partition coefficient (Wildman–Crippen LogP) is 0.0490. The third kappa shape index (κ3) is 4.29. The second-order valence-corrected chi connectivity index (χ2v) is 3.56. The van der Waals surface area contributed by atoms with Gasteiger partial charge in [0.1, 0.15) is 24.2 Å². The summed E-state index contributed by atoms with van der Waals surface area (Å²) < 4.78 is 5.27. The second kappa shape index (κ2) is 6.07. The van der Waals surface area contributed by atoms with Gasteiger partial charge in [0, 0.05) is 19.5 Å². The molecule has 0 bridgehead atoms. The average molecular weight is 240 g/mol. The first kappa shape index (κ1) is 13.3. The molecule has 17 heavy (non-hydrogen) atoms. The van der Waals surface area contributed by atoms with Crippen LogP contribution in [-0.2, 0) is 4.79 Å². The van der Waals surface area contributed by atoms with Crippen LogP contribution >= 0.6 is 0 Å². The number of benzene rings is 1. The maximum atomic E-state index is 10.9. The fourth-order valence-electron chi connectivity index (χ4n) is 1.18. The van der Waals surface area contributed by atoms with Crippen LogP contribution in [0, 0.1) is 0 Å². The summed E-state index contributed by atoms with van der Waals surface area (Å²) in [5, 5.41) is 21.1. The number of hydrogen-bond acceptors (Lipinski definition) is 5. The van der Waals surface area contributed by atoms with Crippen molar-refractivity contribution >= 4 is 11.6 Å². The number of nitrogens with two attached hydrogens (primary N) is 1. The molecule has 1 rings (SSSR count). The Kier molecular flexibility index (Phi) is 4.74. The number of anilines is 1. The molecule has 0 aliphatic carbocycles. The summed E-state index contributed by atoms with van der Waals surface area (Å²) in [6.07, 6.45) is -0.789. The van der Waals surface area contributed by atoms with Crippen molar-refractivity contribution in [3.05, 3.63) is 18.2 Å². The molecule has 1 amide bonds. The largest absolute Gasteiger partial charge is 0.508 e. The molecule has 6 nitrogen and oxygen atoms in total. The zero-order valence-electron chi connectivity index (χ0n) is 9.51. The fourth-order valence-corrected chi connectivity index (χ4v) is 1.18. The van der Waals surface area contributed by atoms with Crippen LogP contribution in [0.1, 0.15) is 6.92 Å². The van der Waals surface area contributed by atoms with Gasteiger partial charge in [0.2, 0.25) is 5.91 Å². The van der Waals surface area contributed by atoms with E-state index in [0.29, 0.717) is 5.69 Å². The topological polar surface area (TPSA) is 105 Å². The molecular weight excluding hydrogens is 224 g/mol. The Hall–Kier alpha value is -1.79. The van der Waals surface area contributed by atoms with Gasteiger partial charge in [-0.05, 0) is 12.1 Å². The molecule has 6 heteroatoms. The van der Waals surface area contributed by atoms with Crippen molar-refractivity contribution in [3.8, 4) is 11.5 Å². The minimum Gasteiger partial charge on any atom is -0.508 e. The van der Waals surface area contributed by atoms with Gasteiger partial charge in [-0.2, -0.15) is 0 Å². The third-order valence-electron chi connectivity index (χ3n) is 1.98. The lowest BCUT2D eigenvalue weighted by molar-refractivity contribution is -0.114. The molecule has 94 valence electrons. The van der Waals surface area contributed by atoms with Crippen LogP contribution in [0.5, 0.6) is 11.5 Å². The summed E-state index contributed by atoms with van der Waals surface area (Å²) in [5.74, 6) is 0.0453. The van der Waals surface area contributed by atoms with E-state index in [9.17, 15) is 15.0 Å². The Morgan fingerprint density at radius 1 is 1.59 bits per heavy atom. The second-order valence-electron chi connectivity index (χ2n) is 3.56. The Morgan fingerprint density at radius 2 is 2.29 bits per heavy atom. The van der Waals surface area contributed by atoms with Crippen LogP contribution in [0.15, 0.2) is 18.2 Å². The normalized spacial score (nSPS) is 11.9. The molecular formula is C11H16N2O4. The number of aliphatic hydroxyl groups excluding tert-OH is 1. The molecule has 0 fully saturated rings. The number of carbonyl (C=O) groups excluding carboxylic acids is 1. The SMILES string of the molecule is CC(=O)Nc1ccc(O)cc1OC[C@H](O)CN. The first-order valence-electron chi connectivity index (χ1n) is 5.14. The van der Waals surface area contributed by atoms with Crippen LogP contribution in [0.4, 0.5) is 5.69 Å². The van der Waals surface area contributed by atoms with Gasteiger partial charge in [0.15, 0.2) is 0 Å². The molecule has 0 aromatic heterocycles. The molecule has 1 atom stereocenters. The number of hydrogen-bond donors (Lipinski definition) is 4. The molecule has 0 aliphatic rings. The summed E-state index contributed by atoms with van der Waals surface area (Å²) in [4.78, 5) is 10.9. The number of phenolic OH excluding ortho intramolecular Hbond substituents is 1. The van der Waals surface area contributed by atoms with Crippen LogP contribution in [0.2, 0.25) is 0 Å². The lowest BCUT2D eigenvalue weighted by atomic mass is 10.2. The lowest BCUT2D eigenvalue weighted by Crippen LogP contribution is -2.26. The molecule has 0 saturated carbocycles. The van der Waals surface area contributed by atoms with Crippen molar-refractivity contribution in [2.75, 3.05) is 18.5 Å². The van der Waals surface area contributed by atoms with Gasteiger partial charge in [-0.15, -0.1) is 0 Å². The van der Waals surface area contributed by atoms with Gasteiger partial charge >= 0.3 is 0 Å². The van der Waals surface area contributed by atoms with Crippen LogP contribution in [0.3, 0.4) is 0 Å². The Labute approximate surface area is 99.0 Å². The zero-order valence-corrected chi connectivity index (χ0v) is 9.51. The first-order valence-corrected chi connectivity index (χ1v) is 5.14. The maximum Gasteiger partial charge on any atom is 0.221 e. The van der Waals surface area contributed by atoms with Crippen molar-refractivity contribution in [1.29, 1.82) is 0 Å². The van der Waals surface area contributed by atoms with Gasteiger partial charge < -0.3 is 26.0 Å². The highest BCUT2D eigenvalue weighted by atomic mass is 16.5. The third-order valence-corrected chi connectivity index (χ3v) is 1.98. The monoisotopic (exact) mass is 240 g/mol. The molecule has 0 radical (unpaired) electrons. The van der Waals surface area contributed by atoms with Crippen molar-refractivity contribution in [1.82, 2.24) is 0 Å². The minimum absolute atomic E-state index is 0.00740. The molecule has 5 N–H and O–H groups in total. The average Bonchev–Trinajstić information content (AvgIpc) is 2.28. The molecule has 1 aromatic rings. The van der Waals surface area contributed by atoms with Crippen LogP contribution in [-0.4, -0.2) is 35.4 Å². The van der Waals surface area contributed by atoms with Crippen molar-refractivity contribution in [2.45, 2.75) is 13.0 Å². The van der Waals surface area contributed by atoms with E-state index in [1.165, 1.54) is 25.1 Å². The molecule has 0 spiro atoms. The Balaban J connectivity index is 2.79. The molecule has 0 saturated heterocycles. The smallest absolute Gasteiger partial charge is 0.221 e. The van der Waals surface area contributed by atoms with E-state index in [0.717, 1.165) is 0 Å². The van der Waals surface area contributed by atoms with E-state index in [4.69, 9.17) is 10.5 Å². The van der Waals surface area contributed by atoms with Gasteiger partial charge in [-0.3, -0.25) is 4.79 Å². The van der Waals surface area contributed by atoms with E-state index < -0.39 is 6.10 Å². The zero-order chi connectivity index (χ0) is 12.8. The molecule has 0 heterocycles. The predicted molar refractivity (Wildman–Crippen MR) is 63.0 cm³/mol. The minimum atomic E-state index is -0.789. The fraction of sp³-hybridized carbons (Fsp3) is 0.364. The molecule has 1 aromatic carbocycles. The maximum absolute atomic E-state index is 10.9. The summed E-state index contributed by atoms with van der Waals surface area (Å²) >= 11 is 0. The summed E-state index contributed by atoms with van der Waals surface area (Å²) in [6, 6.07) is 4.30. The highest BCUT2D eigenvalue weighted by Gasteiger charge is 2.09. The van der Waals surface area contributed by atoms with Gasteiger partial charge in [-0.25, -0.2) is 0 Å². The number of phenols is 1. The van der Waals surface area contributed by atoms with E-state index in [-0.39, 0.29) is 30.6 Å². The summed E-state index contributed by atoms with van der Waals surface area (Å²) in [7, 11) is 0. The summed E-state index contributed by atoms with van der Waals surface area (Å²) in [6.45, 7) is 1.44. The van der Waals surface area contributed by atoms with Crippen molar-refractivity contribution < 1.29 is 19.7 Å². The van der Waals surface area contributed by atoms with E-state index in [1.54, 1.807) is 0 Å². The number of aliphatic hydroxyl groups is 1. The quantitative estimate of drug-likeness (QED) is 0.544. The van der Waals surface area contributed by atoms with E-state index >= 15 is 0 Å². The van der Waals surface area contributed by atoms with Crippen LogP contribution in [0.25, 0.3) is 0 Å². The first-order chi connectivity index (χ1) is 8.02.